The standard InChI is InChI=1S/C13H9.C4H10N.C2H7Si.2ClH.Hf/c1-3-7-12-10(5-1)9-11-6-2-4-8-13(11)12;1-4(2,3)5;1-3-2;;;/h1-9H;5H,1-3H3;3H,1-2H3;2*1H;/q;-1;;;;+3/p-2. The Labute approximate surface area is 168 Å². The van der Waals surface area contributed by atoms with E-state index in [0.29, 0.717) is 3.67 Å². The number of benzene rings is 2. The van der Waals surface area contributed by atoms with Crippen molar-refractivity contribution in [3.05, 3.63) is 59.7 Å². The van der Waals surface area contributed by atoms with Gasteiger partial charge in [-0.2, -0.15) is 0 Å². The van der Waals surface area contributed by atoms with Gasteiger partial charge in [-0.25, -0.2) is 0 Å². The van der Waals surface area contributed by atoms with E-state index >= 15 is 0 Å². The number of fused-ring (bicyclic) bond motifs is 3. The summed E-state index contributed by atoms with van der Waals surface area (Å²) in [6.45, 7) is 12.1. The summed E-state index contributed by atoms with van der Waals surface area (Å²) < 4.78 is 4.87. The molecule has 0 saturated carbocycles. The Bertz CT molecular complexity index is 640. The summed E-state index contributed by atoms with van der Waals surface area (Å²) in [4.78, 5) is 0. The molecule has 0 unspecified atom stereocenters. The van der Waals surface area contributed by atoms with E-state index in [2.05, 4.69) is 85.7 Å². The van der Waals surface area contributed by atoms with E-state index in [9.17, 15) is 0 Å². The van der Waals surface area contributed by atoms with Crippen LogP contribution in [0.25, 0.3) is 11.1 Å². The molecule has 1 nitrogen and oxygen atoms in total. The van der Waals surface area contributed by atoms with Crippen molar-refractivity contribution in [2.75, 3.05) is 0 Å². The monoisotopic (exact) mass is 546 g/mol. The smallest absolute Gasteiger partial charge is 1.00 e. The average molecular weight is 546 g/mol. The van der Waals surface area contributed by atoms with Crippen molar-refractivity contribution in [3.8, 4) is 11.1 Å². The van der Waals surface area contributed by atoms with Crippen LogP contribution in [0.3, 0.4) is 0 Å². The number of nitrogens with one attached hydrogen (secondary N) is 1. The fourth-order valence-corrected chi connectivity index (χ4v) is 29.1. The average Bonchev–Trinajstić information content (AvgIpc) is 2.78. The topological polar surface area (TPSA) is 12.0 Å². The molecule has 0 heterocycles. The molecular formula is C19H26Cl2HfNSi. The molecule has 1 aliphatic rings. The summed E-state index contributed by atoms with van der Waals surface area (Å²) in [6, 6.07) is 18.2. The zero-order chi connectivity index (χ0) is 15.9. The minimum Gasteiger partial charge on any atom is -1.00 e. The molecule has 1 aliphatic carbocycles. The predicted octanol–water partition coefficient (Wildman–Crippen LogP) is -1.33. The largest absolute Gasteiger partial charge is 1.00 e. The Kier molecular flexibility index (Phi) is 7.95. The summed E-state index contributed by atoms with van der Waals surface area (Å²) in [6.07, 6.45) is 0. The van der Waals surface area contributed by atoms with Crippen LogP contribution in [0.2, 0.25) is 13.1 Å². The normalized spacial score (nSPS) is 12.9. The minimum absolute atomic E-state index is 0. The first-order chi connectivity index (χ1) is 10.4. The molecule has 3 rings (SSSR count). The van der Waals surface area contributed by atoms with E-state index in [1.807, 2.05) is 0 Å². The van der Waals surface area contributed by atoms with Gasteiger partial charge >= 0.3 is 144 Å². The van der Waals surface area contributed by atoms with Crippen molar-refractivity contribution in [1.82, 2.24) is 3.30 Å². The number of hydrogen-bond acceptors (Lipinski definition) is 1. The second-order valence-electron chi connectivity index (χ2n) is 7.59. The second-order valence-corrected chi connectivity index (χ2v) is 33.7. The first kappa shape index (κ1) is 22.1. The Morgan fingerprint density at radius 3 is 1.62 bits per heavy atom. The van der Waals surface area contributed by atoms with Gasteiger partial charge in [0.1, 0.15) is 0 Å². The van der Waals surface area contributed by atoms with Gasteiger partial charge in [0.2, 0.25) is 0 Å². The van der Waals surface area contributed by atoms with Crippen LogP contribution in [0.5, 0.6) is 0 Å². The van der Waals surface area contributed by atoms with E-state index in [4.69, 9.17) is 0 Å². The zero-order valence-electron chi connectivity index (χ0n) is 15.0. The molecule has 0 saturated heterocycles. The van der Waals surface area contributed by atoms with Crippen LogP contribution in [0, 0.1) is 0 Å². The van der Waals surface area contributed by atoms with Crippen molar-refractivity contribution >= 4 is 5.98 Å². The van der Waals surface area contributed by atoms with Crippen LogP contribution in [0.4, 0.5) is 0 Å². The van der Waals surface area contributed by atoms with Crippen LogP contribution in [0.1, 0.15) is 35.6 Å². The maximum atomic E-state index is 4.15. The number of rotatable bonds is 3. The van der Waals surface area contributed by atoms with Gasteiger partial charge in [0.25, 0.3) is 0 Å². The Morgan fingerprint density at radius 2 is 1.25 bits per heavy atom. The number of halogens is 2. The van der Waals surface area contributed by atoms with Gasteiger partial charge in [-0.05, 0) is 0 Å². The molecular weight excluding hydrogens is 520 g/mol. The molecule has 0 atom stereocenters. The van der Waals surface area contributed by atoms with Crippen LogP contribution in [-0.2, 0) is 20.9 Å². The third kappa shape index (κ3) is 4.42. The SMILES string of the molecule is C[SiH](C)[Hf+2]([NH]C(C)(C)C)[CH]1c2ccccc2-c2ccccc21.[Cl-].[Cl-]. The first-order valence-corrected chi connectivity index (χ1v) is 21.2. The summed E-state index contributed by atoms with van der Waals surface area (Å²) in [5.74, 6) is -0.654. The maximum absolute atomic E-state index is 4.15. The third-order valence-electron chi connectivity index (χ3n) is 4.29. The third-order valence-corrected chi connectivity index (χ3v) is 31.0. The Morgan fingerprint density at radius 1 is 0.833 bits per heavy atom. The van der Waals surface area contributed by atoms with Gasteiger partial charge in [0.05, 0.1) is 0 Å². The van der Waals surface area contributed by atoms with E-state index in [1.54, 1.807) is 11.1 Å². The van der Waals surface area contributed by atoms with Crippen LogP contribution < -0.4 is 28.1 Å². The van der Waals surface area contributed by atoms with E-state index < -0.39 is 26.9 Å². The molecule has 5 heteroatoms. The molecule has 1 N–H and O–H groups in total. The fraction of sp³-hybridized carbons (Fsp3) is 0.368. The van der Waals surface area contributed by atoms with E-state index in [1.165, 1.54) is 11.1 Å². The summed E-state index contributed by atoms with van der Waals surface area (Å²) in [5, 5.41) is 0. The molecule has 2 aromatic carbocycles. The number of hydrogen-bond donors (Lipinski definition) is 1. The molecule has 129 valence electrons. The Hall–Kier alpha value is 0.0670. The molecule has 0 fully saturated rings. The fourth-order valence-electron chi connectivity index (χ4n) is 3.47. The van der Waals surface area contributed by atoms with Crippen molar-refractivity contribution in [3.63, 3.8) is 0 Å². The molecule has 0 aromatic heterocycles. The van der Waals surface area contributed by atoms with Crippen LogP contribution in [0.15, 0.2) is 48.5 Å². The van der Waals surface area contributed by atoms with Crippen molar-refractivity contribution < 1.29 is 45.7 Å². The van der Waals surface area contributed by atoms with Gasteiger partial charge < -0.3 is 24.8 Å². The van der Waals surface area contributed by atoms with E-state index in [-0.39, 0.29) is 30.4 Å². The van der Waals surface area contributed by atoms with Gasteiger partial charge in [-0.1, -0.05) is 0 Å². The summed E-state index contributed by atoms with van der Waals surface area (Å²) >= 11 is -1.95. The minimum atomic E-state index is -1.95. The molecule has 0 amide bonds. The van der Waals surface area contributed by atoms with Gasteiger partial charge in [0.15, 0.2) is 0 Å². The molecule has 24 heavy (non-hydrogen) atoms. The second kappa shape index (κ2) is 8.63. The van der Waals surface area contributed by atoms with E-state index in [0.717, 1.165) is 0 Å². The van der Waals surface area contributed by atoms with Gasteiger partial charge in [-0.15, -0.1) is 0 Å². The molecule has 0 bridgehead atoms. The van der Waals surface area contributed by atoms with Crippen molar-refractivity contribution in [1.29, 1.82) is 0 Å². The summed E-state index contributed by atoms with van der Waals surface area (Å²) in [7, 11) is 0. The maximum Gasteiger partial charge on any atom is -1.00 e. The molecule has 2 aromatic rings. The zero-order valence-corrected chi connectivity index (χ0v) is 21.3. The Balaban J connectivity index is 0.00000144. The van der Waals surface area contributed by atoms with Crippen molar-refractivity contribution in [2.45, 2.75) is 43.1 Å². The molecule has 0 aliphatic heterocycles. The van der Waals surface area contributed by atoms with Gasteiger partial charge in [-0.3, -0.25) is 0 Å². The predicted molar refractivity (Wildman–Crippen MR) is 95.5 cm³/mol. The quantitative estimate of drug-likeness (QED) is 0.472. The van der Waals surface area contributed by atoms with Gasteiger partial charge in [0, 0.05) is 0 Å². The van der Waals surface area contributed by atoms with Crippen LogP contribution in [-0.4, -0.2) is 11.5 Å². The molecule has 0 spiro atoms. The summed E-state index contributed by atoms with van der Waals surface area (Å²) in [5.41, 5.74) is 6.41. The van der Waals surface area contributed by atoms with Crippen LogP contribution >= 0.6 is 0 Å². The first-order valence-electron chi connectivity index (χ1n) is 8.21. The van der Waals surface area contributed by atoms with Crippen molar-refractivity contribution in [2.24, 2.45) is 0 Å². The molecule has 0 radical (unpaired) electrons.